The maximum absolute atomic E-state index is 6.07. The zero-order chi connectivity index (χ0) is 13.9. The Morgan fingerprint density at radius 1 is 1.05 bits per heavy atom. The molecule has 1 N–H and O–H groups in total. The minimum atomic E-state index is 0.480. The topological polar surface area (TPSA) is 24.5 Å². The summed E-state index contributed by atoms with van der Waals surface area (Å²) in [6, 6.07) is 1.39. The van der Waals surface area contributed by atoms with Crippen LogP contribution in [0.2, 0.25) is 0 Å². The molecule has 0 spiro atoms. The van der Waals surface area contributed by atoms with Crippen LogP contribution in [-0.4, -0.2) is 48.8 Å². The summed E-state index contributed by atoms with van der Waals surface area (Å²) in [6.07, 6.45) is 10.7. The molecule has 3 nitrogen and oxygen atoms in total. The van der Waals surface area contributed by atoms with Gasteiger partial charge in [0.15, 0.2) is 0 Å². The molecule has 3 fully saturated rings. The molecule has 0 aromatic heterocycles. The Balaban J connectivity index is 1.60. The van der Waals surface area contributed by atoms with Crippen molar-refractivity contribution in [2.45, 2.75) is 83.1 Å². The lowest BCUT2D eigenvalue weighted by Crippen LogP contribution is -2.59. The zero-order valence-electron chi connectivity index (χ0n) is 13.3. The molecule has 116 valence electrons. The van der Waals surface area contributed by atoms with E-state index in [0.29, 0.717) is 18.2 Å². The highest BCUT2D eigenvalue weighted by Crippen LogP contribution is 2.31. The molecule has 3 aliphatic rings. The Bertz CT molecular complexity index is 303. The molecule has 3 heteroatoms. The first-order chi connectivity index (χ1) is 9.72. The Kier molecular flexibility index (Phi) is 5.00. The Labute approximate surface area is 124 Å². The summed E-state index contributed by atoms with van der Waals surface area (Å²) in [6.45, 7) is 8.10. The molecular weight excluding hydrogens is 248 g/mol. The van der Waals surface area contributed by atoms with Crippen molar-refractivity contribution in [2.75, 3.05) is 19.6 Å². The lowest BCUT2D eigenvalue weighted by Gasteiger charge is -2.45. The standard InChI is InChI=1S/C17H32N2O/c1-13-11-19(12-16-9-8-14(2)20-16)17(10-18-13)15-6-4-3-5-7-15/h13-18H,3-12H2,1-2H3. The van der Waals surface area contributed by atoms with Crippen LogP contribution in [0.5, 0.6) is 0 Å². The highest BCUT2D eigenvalue weighted by molar-refractivity contribution is 4.91. The first kappa shape index (κ1) is 14.8. The molecule has 4 unspecified atom stereocenters. The Morgan fingerprint density at radius 2 is 1.85 bits per heavy atom. The number of rotatable bonds is 3. The molecule has 0 bridgehead atoms. The first-order valence-corrected chi connectivity index (χ1v) is 8.85. The van der Waals surface area contributed by atoms with Crippen molar-refractivity contribution < 1.29 is 4.74 Å². The van der Waals surface area contributed by atoms with Crippen LogP contribution in [0.1, 0.15) is 58.8 Å². The van der Waals surface area contributed by atoms with Crippen molar-refractivity contribution in [3.63, 3.8) is 0 Å². The number of piperazine rings is 1. The molecule has 2 saturated heterocycles. The van der Waals surface area contributed by atoms with E-state index in [1.807, 2.05) is 0 Å². The lowest BCUT2D eigenvalue weighted by atomic mass is 9.82. The van der Waals surface area contributed by atoms with Gasteiger partial charge in [-0.1, -0.05) is 19.3 Å². The van der Waals surface area contributed by atoms with Gasteiger partial charge in [0.2, 0.25) is 0 Å². The van der Waals surface area contributed by atoms with Crippen LogP contribution in [0.4, 0.5) is 0 Å². The van der Waals surface area contributed by atoms with Gasteiger partial charge in [-0.25, -0.2) is 0 Å². The van der Waals surface area contributed by atoms with Crippen LogP contribution in [0.15, 0.2) is 0 Å². The normalized spacial score (nSPS) is 41.1. The number of nitrogens with one attached hydrogen (secondary N) is 1. The Hall–Kier alpha value is -0.120. The van der Waals surface area contributed by atoms with Crippen molar-refractivity contribution in [1.82, 2.24) is 10.2 Å². The molecule has 0 radical (unpaired) electrons. The van der Waals surface area contributed by atoms with E-state index in [1.54, 1.807) is 0 Å². The largest absolute Gasteiger partial charge is 0.374 e. The third-order valence-electron chi connectivity index (χ3n) is 5.60. The van der Waals surface area contributed by atoms with Gasteiger partial charge < -0.3 is 10.1 Å². The van der Waals surface area contributed by atoms with Gasteiger partial charge in [-0.2, -0.15) is 0 Å². The molecule has 2 heterocycles. The first-order valence-electron chi connectivity index (χ1n) is 8.85. The summed E-state index contributed by atoms with van der Waals surface area (Å²) < 4.78 is 6.07. The van der Waals surface area contributed by atoms with Crippen LogP contribution < -0.4 is 5.32 Å². The van der Waals surface area contributed by atoms with Gasteiger partial charge in [-0.15, -0.1) is 0 Å². The summed E-state index contributed by atoms with van der Waals surface area (Å²) in [5.74, 6) is 0.919. The second-order valence-corrected chi connectivity index (χ2v) is 7.37. The number of ether oxygens (including phenoxy) is 1. The maximum atomic E-state index is 6.07. The zero-order valence-corrected chi connectivity index (χ0v) is 13.3. The van der Waals surface area contributed by atoms with E-state index in [4.69, 9.17) is 4.74 Å². The van der Waals surface area contributed by atoms with E-state index in [1.165, 1.54) is 58.0 Å². The van der Waals surface area contributed by atoms with Gasteiger partial charge >= 0.3 is 0 Å². The van der Waals surface area contributed by atoms with Crippen LogP contribution in [-0.2, 0) is 4.74 Å². The van der Waals surface area contributed by atoms with Crippen LogP contribution in [0.3, 0.4) is 0 Å². The quantitative estimate of drug-likeness (QED) is 0.860. The van der Waals surface area contributed by atoms with Crippen molar-refractivity contribution in [1.29, 1.82) is 0 Å². The minimum Gasteiger partial charge on any atom is -0.374 e. The molecule has 20 heavy (non-hydrogen) atoms. The van der Waals surface area contributed by atoms with Crippen LogP contribution >= 0.6 is 0 Å². The maximum Gasteiger partial charge on any atom is 0.0706 e. The minimum absolute atomic E-state index is 0.480. The average Bonchev–Trinajstić information content (AvgIpc) is 2.85. The molecule has 4 atom stereocenters. The van der Waals surface area contributed by atoms with E-state index in [9.17, 15) is 0 Å². The third kappa shape index (κ3) is 3.55. The van der Waals surface area contributed by atoms with Gasteiger partial charge in [0.1, 0.15) is 0 Å². The molecule has 0 amide bonds. The summed E-state index contributed by atoms with van der Waals surface area (Å²) in [5.41, 5.74) is 0. The van der Waals surface area contributed by atoms with Gasteiger partial charge in [0.05, 0.1) is 12.2 Å². The summed E-state index contributed by atoms with van der Waals surface area (Å²) >= 11 is 0. The van der Waals surface area contributed by atoms with Crippen molar-refractivity contribution >= 4 is 0 Å². The second-order valence-electron chi connectivity index (χ2n) is 7.37. The summed E-state index contributed by atoms with van der Waals surface area (Å²) in [4.78, 5) is 2.76. The SMILES string of the molecule is CC1CN(CC2CCC(C)O2)C(C2CCCCC2)CN1. The molecule has 0 aromatic carbocycles. The van der Waals surface area contributed by atoms with Crippen molar-refractivity contribution in [3.05, 3.63) is 0 Å². The average molecular weight is 280 g/mol. The third-order valence-corrected chi connectivity index (χ3v) is 5.60. The molecule has 2 aliphatic heterocycles. The monoisotopic (exact) mass is 280 g/mol. The van der Waals surface area contributed by atoms with Gasteiger partial charge in [0, 0.05) is 31.7 Å². The fourth-order valence-corrected chi connectivity index (χ4v) is 4.48. The molecule has 3 rings (SSSR count). The van der Waals surface area contributed by atoms with Crippen molar-refractivity contribution in [3.8, 4) is 0 Å². The Morgan fingerprint density at radius 3 is 2.55 bits per heavy atom. The second kappa shape index (κ2) is 6.76. The molecule has 1 aliphatic carbocycles. The van der Waals surface area contributed by atoms with Crippen molar-refractivity contribution in [2.24, 2.45) is 5.92 Å². The predicted octanol–water partition coefficient (Wildman–Crippen LogP) is 2.80. The predicted molar refractivity (Wildman–Crippen MR) is 83.0 cm³/mol. The van der Waals surface area contributed by atoms with Gasteiger partial charge in [-0.3, -0.25) is 4.90 Å². The highest BCUT2D eigenvalue weighted by Gasteiger charge is 2.35. The van der Waals surface area contributed by atoms with Gasteiger partial charge in [-0.05, 0) is 45.4 Å². The van der Waals surface area contributed by atoms with E-state index in [0.717, 1.165) is 18.5 Å². The summed E-state index contributed by atoms with van der Waals surface area (Å²) in [5, 5.41) is 3.71. The number of hydrogen-bond donors (Lipinski definition) is 1. The van der Waals surface area contributed by atoms with E-state index in [-0.39, 0.29) is 0 Å². The fraction of sp³-hybridized carbons (Fsp3) is 1.00. The van der Waals surface area contributed by atoms with Gasteiger partial charge in [0.25, 0.3) is 0 Å². The highest BCUT2D eigenvalue weighted by atomic mass is 16.5. The molecular formula is C17H32N2O. The fourth-order valence-electron chi connectivity index (χ4n) is 4.48. The van der Waals surface area contributed by atoms with Crippen LogP contribution in [0, 0.1) is 5.92 Å². The van der Waals surface area contributed by atoms with E-state index in [2.05, 4.69) is 24.1 Å². The smallest absolute Gasteiger partial charge is 0.0706 e. The summed E-state index contributed by atoms with van der Waals surface area (Å²) in [7, 11) is 0. The van der Waals surface area contributed by atoms with Crippen LogP contribution in [0.25, 0.3) is 0 Å². The molecule has 0 aromatic rings. The lowest BCUT2D eigenvalue weighted by molar-refractivity contribution is -0.00296. The number of nitrogens with zero attached hydrogens (tertiary/aromatic N) is 1. The molecule has 1 saturated carbocycles. The number of hydrogen-bond acceptors (Lipinski definition) is 3. The van der Waals surface area contributed by atoms with E-state index >= 15 is 0 Å². The van der Waals surface area contributed by atoms with E-state index < -0.39 is 0 Å².